The maximum atomic E-state index is 11.7. The molecular formula is C9H9N5OS. The molecule has 0 saturated heterocycles. The van der Waals surface area contributed by atoms with Gasteiger partial charge in [0.2, 0.25) is 11.1 Å². The summed E-state index contributed by atoms with van der Waals surface area (Å²) in [4.78, 5) is 19.6. The monoisotopic (exact) mass is 235 g/mol. The maximum Gasteiger partial charge on any atom is 0.259 e. The fourth-order valence-electron chi connectivity index (χ4n) is 1.07. The third-order valence-corrected chi connectivity index (χ3v) is 2.35. The van der Waals surface area contributed by atoms with Gasteiger partial charge in [-0.15, -0.1) is 5.10 Å². The highest BCUT2D eigenvalue weighted by molar-refractivity contribution is 7.98. The van der Waals surface area contributed by atoms with Crippen LogP contribution in [0.1, 0.15) is 10.4 Å². The first kappa shape index (κ1) is 10.6. The normalized spacial score (nSPS) is 10.1. The molecule has 2 aromatic rings. The molecule has 2 aromatic heterocycles. The van der Waals surface area contributed by atoms with Gasteiger partial charge in [0.25, 0.3) is 5.91 Å². The third kappa shape index (κ3) is 2.37. The summed E-state index contributed by atoms with van der Waals surface area (Å²) in [7, 11) is 0. The fraction of sp³-hybridized carbons (Fsp3) is 0.111. The molecule has 0 atom stereocenters. The molecule has 0 aliphatic carbocycles. The highest BCUT2D eigenvalue weighted by Crippen LogP contribution is 2.10. The Morgan fingerprint density at radius 1 is 1.56 bits per heavy atom. The van der Waals surface area contributed by atoms with E-state index in [0.29, 0.717) is 16.7 Å². The van der Waals surface area contributed by atoms with Crippen LogP contribution in [0.4, 0.5) is 5.95 Å². The van der Waals surface area contributed by atoms with Crippen LogP contribution >= 0.6 is 11.8 Å². The van der Waals surface area contributed by atoms with E-state index in [0.717, 1.165) is 0 Å². The molecule has 0 unspecified atom stereocenters. The van der Waals surface area contributed by atoms with Crippen LogP contribution in [0, 0.1) is 0 Å². The Bertz CT molecular complexity index is 484. The van der Waals surface area contributed by atoms with Gasteiger partial charge < -0.3 is 0 Å². The summed E-state index contributed by atoms with van der Waals surface area (Å²) < 4.78 is 0. The summed E-state index contributed by atoms with van der Waals surface area (Å²) in [5.74, 6) is 0.0649. The highest BCUT2D eigenvalue weighted by atomic mass is 32.2. The zero-order chi connectivity index (χ0) is 11.4. The molecule has 0 radical (unpaired) electrons. The van der Waals surface area contributed by atoms with Gasteiger partial charge in [0.15, 0.2) is 0 Å². The van der Waals surface area contributed by atoms with Crippen molar-refractivity contribution in [2.75, 3.05) is 11.6 Å². The summed E-state index contributed by atoms with van der Waals surface area (Å²) in [5, 5.41) is 9.68. The third-order valence-electron chi connectivity index (χ3n) is 1.80. The Labute approximate surface area is 95.9 Å². The molecule has 0 spiro atoms. The van der Waals surface area contributed by atoms with Crippen molar-refractivity contribution in [3.63, 3.8) is 0 Å². The largest absolute Gasteiger partial charge is 0.291 e. The van der Waals surface area contributed by atoms with Crippen molar-refractivity contribution >= 4 is 23.6 Å². The average Bonchev–Trinajstić information content (AvgIpc) is 2.78. The van der Waals surface area contributed by atoms with Gasteiger partial charge in [-0.25, -0.2) is 5.10 Å². The number of carbonyl (C=O) groups is 1. The highest BCUT2D eigenvalue weighted by Gasteiger charge is 2.08. The first-order chi connectivity index (χ1) is 7.79. The molecule has 0 aromatic carbocycles. The van der Waals surface area contributed by atoms with E-state index in [-0.39, 0.29) is 5.91 Å². The quantitative estimate of drug-likeness (QED) is 0.780. The molecule has 82 valence electrons. The molecule has 2 rings (SSSR count). The molecule has 0 fully saturated rings. The first-order valence-electron chi connectivity index (χ1n) is 4.47. The van der Waals surface area contributed by atoms with Gasteiger partial charge in [0.05, 0.1) is 5.56 Å². The lowest BCUT2D eigenvalue weighted by Gasteiger charge is -1.99. The average molecular weight is 235 g/mol. The molecule has 0 aliphatic rings. The number of H-pyrrole nitrogens is 1. The Balaban J connectivity index is 2.08. The molecule has 16 heavy (non-hydrogen) atoms. The van der Waals surface area contributed by atoms with Crippen LogP contribution in [0.15, 0.2) is 29.7 Å². The van der Waals surface area contributed by atoms with E-state index in [1.165, 1.54) is 18.0 Å². The smallest absolute Gasteiger partial charge is 0.259 e. The zero-order valence-corrected chi connectivity index (χ0v) is 9.28. The minimum atomic E-state index is -0.267. The van der Waals surface area contributed by atoms with Crippen molar-refractivity contribution in [3.8, 4) is 0 Å². The Morgan fingerprint density at radius 3 is 3.06 bits per heavy atom. The Hall–Kier alpha value is -1.89. The summed E-state index contributed by atoms with van der Waals surface area (Å²) in [6.07, 6.45) is 4.95. The molecule has 0 saturated carbocycles. The van der Waals surface area contributed by atoms with Gasteiger partial charge >= 0.3 is 0 Å². The molecule has 2 N–H and O–H groups in total. The number of amides is 1. The van der Waals surface area contributed by atoms with Gasteiger partial charge in [-0.2, -0.15) is 4.98 Å². The lowest BCUT2D eigenvalue weighted by molar-refractivity contribution is 0.102. The summed E-state index contributed by atoms with van der Waals surface area (Å²) in [6, 6.07) is 3.37. The van der Waals surface area contributed by atoms with Crippen LogP contribution in [-0.2, 0) is 0 Å². The number of thioether (sulfide) groups is 1. The lowest BCUT2D eigenvalue weighted by Crippen LogP contribution is -2.13. The molecular weight excluding hydrogens is 226 g/mol. The van der Waals surface area contributed by atoms with Crippen molar-refractivity contribution in [3.05, 3.63) is 30.1 Å². The van der Waals surface area contributed by atoms with Crippen LogP contribution in [0.3, 0.4) is 0 Å². The molecule has 0 aliphatic heterocycles. The second kappa shape index (κ2) is 4.75. The Kier molecular flexibility index (Phi) is 3.16. The van der Waals surface area contributed by atoms with Crippen LogP contribution in [0.25, 0.3) is 0 Å². The van der Waals surface area contributed by atoms with E-state index in [4.69, 9.17) is 0 Å². The van der Waals surface area contributed by atoms with Crippen LogP contribution < -0.4 is 5.32 Å². The SMILES string of the molecule is CSc1n[nH]c(NC(=O)c2cccnc2)n1. The first-order valence-corrected chi connectivity index (χ1v) is 5.70. The summed E-state index contributed by atoms with van der Waals surface area (Å²) >= 11 is 1.40. The predicted octanol–water partition coefficient (Wildman–Crippen LogP) is 1.17. The minimum absolute atomic E-state index is 0.267. The van der Waals surface area contributed by atoms with Gasteiger partial charge in [0.1, 0.15) is 0 Å². The van der Waals surface area contributed by atoms with E-state index in [2.05, 4.69) is 25.5 Å². The van der Waals surface area contributed by atoms with Crippen molar-refractivity contribution in [1.82, 2.24) is 20.2 Å². The standard InChI is InChI=1S/C9H9N5OS/c1-16-9-12-8(13-14-9)11-7(15)6-3-2-4-10-5-6/h2-5H,1H3,(H2,11,12,13,14,15). The second-order valence-corrected chi connectivity index (χ2v) is 3.64. The number of aromatic nitrogens is 4. The molecule has 1 amide bonds. The van der Waals surface area contributed by atoms with E-state index in [1.807, 2.05) is 6.26 Å². The number of nitrogens with zero attached hydrogens (tertiary/aromatic N) is 3. The van der Waals surface area contributed by atoms with E-state index in [9.17, 15) is 4.79 Å². The molecule has 6 nitrogen and oxygen atoms in total. The van der Waals surface area contributed by atoms with Gasteiger partial charge in [-0.05, 0) is 18.4 Å². The topological polar surface area (TPSA) is 83.6 Å². The number of aromatic amines is 1. The summed E-state index contributed by atoms with van der Waals surface area (Å²) in [6.45, 7) is 0. The van der Waals surface area contributed by atoms with Crippen LogP contribution in [-0.4, -0.2) is 32.3 Å². The molecule has 0 bridgehead atoms. The fourth-order valence-corrected chi connectivity index (χ4v) is 1.39. The van der Waals surface area contributed by atoms with E-state index in [1.54, 1.807) is 18.3 Å². The Morgan fingerprint density at radius 2 is 2.44 bits per heavy atom. The van der Waals surface area contributed by atoms with Crippen molar-refractivity contribution < 1.29 is 4.79 Å². The van der Waals surface area contributed by atoms with Crippen LogP contribution in [0.5, 0.6) is 0 Å². The number of rotatable bonds is 3. The van der Waals surface area contributed by atoms with E-state index >= 15 is 0 Å². The number of carbonyl (C=O) groups excluding carboxylic acids is 1. The van der Waals surface area contributed by atoms with Gasteiger partial charge in [-0.1, -0.05) is 11.8 Å². The maximum absolute atomic E-state index is 11.7. The number of pyridine rings is 1. The molecule has 2 heterocycles. The zero-order valence-electron chi connectivity index (χ0n) is 8.47. The number of hydrogen-bond donors (Lipinski definition) is 2. The molecule has 7 heteroatoms. The predicted molar refractivity (Wildman–Crippen MR) is 60.4 cm³/mol. The van der Waals surface area contributed by atoms with Crippen molar-refractivity contribution in [2.45, 2.75) is 5.16 Å². The lowest BCUT2D eigenvalue weighted by atomic mass is 10.3. The minimum Gasteiger partial charge on any atom is -0.291 e. The number of hydrogen-bond acceptors (Lipinski definition) is 5. The number of anilines is 1. The van der Waals surface area contributed by atoms with Crippen LogP contribution in [0.2, 0.25) is 0 Å². The van der Waals surface area contributed by atoms with Crippen molar-refractivity contribution in [2.24, 2.45) is 0 Å². The summed E-state index contributed by atoms with van der Waals surface area (Å²) in [5.41, 5.74) is 0.476. The van der Waals surface area contributed by atoms with Crippen molar-refractivity contribution in [1.29, 1.82) is 0 Å². The van der Waals surface area contributed by atoms with E-state index < -0.39 is 0 Å². The van der Waals surface area contributed by atoms with Gasteiger partial charge in [0, 0.05) is 12.4 Å². The number of nitrogens with one attached hydrogen (secondary N) is 2. The second-order valence-electron chi connectivity index (χ2n) is 2.87. The van der Waals surface area contributed by atoms with Gasteiger partial charge in [-0.3, -0.25) is 15.1 Å².